The molecule has 3 N–H and O–H groups in total. The van der Waals surface area contributed by atoms with Gasteiger partial charge in [-0.3, -0.25) is 35.3 Å². The van der Waals surface area contributed by atoms with Crippen LogP contribution in [0.4, 0.5) is 10.1 Å². The summed E-state index contributed by atoms with van der Waals surface area (Å²) >= 11 is 0. The largest absolute Gasteiger partial charge is 0.352 e. The molecular weight excluding hydrogens is 419 g/mol. The highest BCUT2D eigenvalue weighted by Gasteiger charge is 2.27. The van der Waals surface area contributed by atoms with Gasteiger partial charge in [0.1, 0.15) is 5.82 Å². The molecule has 0 radical (unpaired) electrons. The minimum atomic E-state index is -0.647. The summed E-state index contributed by atoms with van der Waals surface area (Å²) in [5.41, 5.74) is 4.50. The number of nitro groups is 1. The Morgan fingerprint density at radius 1 is 0.969 bits per heavy atom. The molecule has 2 aromatic rings. The van der Waals surface area contributed by atoms with Crippen molar-refractivity contribution in [2.45, 2.75) is 25.7 Å². The Balaban J connectivity index is 1.41. The Kier molecular flexibility index (Phi) is 7.48. The van der Waals surface area contributed by atoms with Gasteiger partial charge in [0.2, 0.25) is 5.91 Å². The highest BCUT2D eigenvalue weighted by molar-refractivity contribution is 5.96. The van der Waals surface area contributed by atoms with Crippen LogP contribution in [0.15, 0.2) is 48.5 Å². The van der Waals surface area contributed by atoms with Crippen molar-refractivity contribution in [1.82, 2.24) is 16.2 Å². The number of nitrogens with one attached hydrogen (secondary N) is 3. The molecule has 0 aromatic heterocycles. The molecule has 3 rings (SSSR count). The number of hydrogen-bond donors (Lipinski definition) is 3. The molecule has 10 heteroatoms. The maximum Gasteiger partial charge on any atom is 0.270 e. The maximum atomic E-state index is 13.7. The van der Waals surface area contributed by atoms with Crippen molar-refractivity contribution in [3.63, 3.8) is 0 Å². The number of non-ortho nitro benzene ring substituents is 1. The molecule has 1 aliphatic carbocycles. The van der Waals surface area contributed by atoms with E-state index in [1.165, 1.54) is 36.4 Å². The number of hydrazine groups is 1. The molecular formula is C22H23FN4O5. The summed E-state index contributed by atoms with van der Waals surface area (Å²) in [5, 5.41) is 13.5. The molecule has 0 heterocycles. The van der Waals surface area contributed by atoms with Gasteiger partial charge in [-0.2, -0.15) is 0 Å². The van der Waals surface area contributed by atoms with Crippen LogP contribution in [0.3, 0.4) is 0 Å². The lowest BCUT2D eigenvalue weighted by atomic mass is 9.81. The summed E-state index contributed by atoms with van der Waals surface area (Å²) in [6.07, 6.45) is 2.57. The Morgan fingerprint density at radius 2 is 1.69 bits per heavy atom. The van der Waals surface area contributed by atoms with Crippen molar-refractivity contribution in [3.8, 4) is 0 Å². The van der Waals surface area contributed by atoms with Crippen LogP contribution in [0, 0.1) is 27.8 Å². The molecule has 3 amide bonds. The van der Waals surface area contributed by atoms with Crippen molar-refractivity contribution < 1.29 is 23.7 Å². The van der Waals surface area contributed by atoms with E-state index in [1.807, 2.05) is 0 Å². The molecule has 0 spiro atoms. The molecule has 9 nitrogen and oxygen atoms in total. The highest BCUT2D eigenvalue weighted by Crippen LogP contribution is 2.28. The van der Waals surface area contributed by atoms with Crippen LogP contribution in [0.1, 0.15) is 46.4 Å². The molecule has 2 aromatic carbocycles. The number of benzene rings is 2. The molecule has 0 unspecified atom stereocenters. The Labute approximate surface area is 183 Å². The summed E-state index contributed by atoms with van der Waals surface area (Å²) in [6.45, 7) is 0.394. The van der Waals surface area contributed by atoms with Crippen LogP contribution in [-0.4, -0.2) is 29.2 Å². The Hall–Kier alpha value is -3.82. The fourth-order valence-electron chi connectivity index (χ4n) is 3.66. The number of carbonyl (C=O) groups is 3. The van der Waals surface area contributed by atoms with Gasteiger partial charge in [-0.15, -0.1) is 0 Å². The smallest absolute Gasteiger partial charge is 0.270 e. The predicted octanol–water partition coefficient (Wildman–Crippen LogP) is 2.73. The van der Waals surface area contributed by atoms with Crippen LogP contribution in [-0.2, 0) is 4.79 Å². The first-order valence-electron chi connectivity index (χ1n) is 10.2. The first-order chi connectivity index (χ1) is 15.3. The molecule has 0 atom stereocenters. The summed E-state index contributed by atoms with van der Waals surface area (Å²) in [6, 6.07) is 11.0. The van der Waals surface area contributed by atoms with Gasteiger partial charge in [0, 0.05) is 30.2 Å². The number of rotatable bonds is 6. The number of carbonyl (C=O) groups excluding carboxylic acids is 3. The first kappa shape index (κ1) is 22.9. The Morgan fingerprint density at radius 3 is 2.38 bits per heavy atom. The maximum absolute atomic E-state index is 13.7. The zero-order chi connectivity index (χ0) is 23.1. The van der Waals surface area contributed by atoms with Crippen molar-refractivity contribution >= 4 is 23.4 Å². The van der Waals surface area contributed by atoms with Gasteiger partial charge >= 0.3 is 0 Å². The van der Waals surface area contributed by atoms with E-state index in [2.05, 4.69) is 16.2 Å². The minimum Gasteiger partial charge on any atom is -0.352 e. The van der Waals surface area contributed by atoms with Crippen molar-refractivity contribution in [3.05, 3.63) is 75.6 Å². The van der Waals surface area contributed by atoms with Gasteiger partial charge < -0.3 is 5.32 Å². The van der Waals surface area contributed by atoms with E-state index < -0.39 is 22.6 Å². The van der Waals surface area contributed by atoms with Crippen molar-refractivity contribution in [2.75, 3.05) is 6.54 Å². The van der Waals surface area contributed by atoms with Crippen LogP contribution >= 0.6 is 0 Å². The molecule has 0 aliphatic heterocycles. The molecule has 1 fully saturated rings. The number of hydrogen-bond acceptors (Lipinski definition) is 5. The van der Waals surface area contributed by atoms with Crippen molar-refractivity contribution in [2.24, 2.45) is 11.8 Å². The van der Waals surface area contributed by atoms with E-state index in [9.17, 15) is 28.9 Å². The van der Waals surface area contributed by atoms with E-state index in [4.69, 9.17) is 0 Å². The first-order valence-corrected chi connectivity index (χ1v) is 10.2. The molecule has 32 heavy (non-hydrogen) atoms. The highest BCUT2D eigenvalue weighted by atomic mass is 19.1. The third-order valence-corrected chi connectivity index (χ3v) is 5.51. The zero-order valence-electron chi connectivity index (χ0n) is 17.2. The van der Waals surface area contributed by atoms with Crippen LogP contribution in [0.5, 0.6) is 0 Å². The topological polar surface area (TPSA) is 130 Å². The fraction of sp³-hybridized carbons (Fsp3) is 0.318. The summed E-state index contributed by atoms with van der Waals surface area (Å²) < 4.78 is 13.7. The number of halogens is 1. The SMILES string of the molecule is O=C(NNC(=O)C1CCC(CNC(=O)c2ccccc2F)CC1)c1cccc([N+](=O)[O-])c1. The number of nitrogens with zero attached hydrogens (tertiary/aromatic N) is 1. The monoisotopic (exact) mass is 442 g/mol. The second-order valence-corrected chi connectivity index (χ2v) is 7.66. The third-order valence-electron chi connectivity index (χ3n) is 5.51. The third kappa shape index (κ3) is 5.87. The van der Waals surface area contributed by atoms with Crippen LogP contribution in [0.25, 0.3) is 0 Å². The Bertz CT molecular complexity index is 1020. The number of nitro benzene ring substituents is 1. The summed E-state index contributed by atoms with van der Waals surface area (Å²) in [7, 11) is 0. The standard InChI is InChI=1S/C22H23FN4O5/c23-19-7-2-1-6-18(19)22(30)24-13-14-8-10-15(11-9-14)20(28)25-26-21(29)16-4-3-5-17(12-16)27(31)32/h1-7,12,14-15H,8-11,13H2,(H,24,30)(H,25,28)(H,26,29). The summed E-state index contributed by atoms with van der Waals surface area (Å²) in [5.74, 6) is -2.14. The minimum absolute atomic E-state index is 0.0000496. The van der Waals surface area contributed by atoms with Gasteiger partial charge in [0.25, 0.3) is 17.5 Å². The van der Waals surface area contributed by atoms with Gasteiger partial charge in [-0.25, -0.2) is 4.39 Å². The van der Waals surface area contributed by atoms with E-state index in [-0.39, 0.29) is 34.6 Å². The van der Waals surface area contributed by atoms with E-state index in [0.29, 0.717) is 32.2 Å². The number of amides is 3. The predicted molar refractivity (Wildman–Crippen MR) is 113 cm³/mol. The average Bonchev–Trinajstić information content (AvgIpc) is 2.81. The van der Waals surface area contributed by atoms with E-state index in [0.717, 1.165) is 6.07 Å². The second kappa shape index (κ2) is 10.5. The van der Waals surface area contributed by atoms with Crippen molar-refractivity contribution in [1.29, 1.82) is 0 Å². The van der Waals surface area contributed by atoms with Crippen LogP contribution < -0.4 is 16.2 Å². The van der Waals surface area contributed by atoms with E-state index in [1.54, 1.807) is 6.07 Å². The second-order valence-electron chi connectivity index (χ2n) is 7.66. The molecule has 168 valence electrons. The quantitative estimate of drug-likeness (QED) is 0.468. The van der Waals surface area contributed by atoms with Crippen LogP contribution in [0.2, 0.25) is 0 Å². The van der Waals surface area contributed by atoms with Gasteiger partial charge in [-0.05, 0) is 49.8 Å². The molecule has 1 saturated carbocycles. The molecule has 0 saturated heterocycles. The van der Waals surface area contributed by atoms with Gasteiger partial charge in [0.05, 0.1) is 10.5 Å². The lowest BCUT2D eigenvalue weighted by Crippen LogP contribution is -2.45. The lowest BCUT2D eigenvalue weighted by Gasteiger charge is -2.27. The lowest BCUT2D eigenvalue weighted by molar-refractivity contribution is -0.384. The van der Waals surface area contributed by atoms with Gasteiger partial charge in [0.15, 0.2) is 0 Å². The average molecular weight is 442 g/mol. The normalized spacial score (nSPS) is 17.8. The zero-order valence-corrected chi connectivity index (χ0v) is 17.2. The van der Waals surface area contributed by atoms with E-state index >= 15 is 0 Å². The summed E-state index contributed by atoms with van der Waals surface area (Å²) in [4.78, 5) is 46.8. The van der Waals surface area contributed by atoms with Gasteiger partial charge in [-0.1, -0.05) is 18.2 Å². The molecule has 0 bridgehead atoms. The molecule has 1 aliphatic rings. The fourth-order valence-corrected chi connectivity index (χ4v) is 3.66.